The molecule has 0 aliphatic heterocycles. The second kappa shape index (κ2) is 7.28. The van der Waals surface area contributed by atoms with Crippen LogP contribution in [-0.4, -0.2) is 6.54 Å². The zero-order chi connectivity index (χ0) is 14.5. The molecule has 0 amide bonds. The molecule has 1 N–H and O–H groups in total. The summed E-state index contributed by atoms with van der Waals surface area (Å²) in [5, 5.41) is 4.79. The monoisotopic (exact) mass is 337 g/mol. The Morgan fingerprint density at radius 3 is 2.75 bits per heavy atom. The molecule has 110 valence electrons. The first kappa shape index (κ1) is 15.6. The summed E-state index contributed by atoms with van der Waals surface area (Å²) in [6.45, 7) is 7.78. The third-order valence-corrected chi connectivity index (χ3v) is 4.46. The molecule has 3 heteroatoms. The third kappa shape index (κ3) is 3.64. The van der Waals surface area contributed by atoms with Crippen molar-refractivity contribution in [2.45, 2.75) is 46.1 Å². The topological polar surface area (TPSA) is 25.2 Å². The van der Waals surface area contributed by atoms with Crippen LogP contribution in [0.2, 0.25) is 0 Å². The summed E-state index contributed by atoms with van der Waals surface area (Å²) in [4.78, 5) is 0. The summed E-state index contributed by atoms with van der Waals surface area (Å²) in [7, 11) is 0. The van der Waals surface area contributed by atoms with Crippen molar-refractivity contribution in [3.05, 3.63) is 34.5 Å². The maximum Gasteiger partial charge on any atom is 0.148 e. The minimum absolute atomic E-state index is 0.309. The van der Waals surface area contributed by atoms with E-state index in [2.05, 4.69) is 60.2 Å². The summed E-state index contributed by atoms with van der Waals surface area (Å²) in [5.41, 5.74) is 0.954. The molecule has 0 aliphatic rings. The molecule has 0 aliphatic carbocycles. The van der Waals surface area contributed by atoms with Gasteiger partial charge in [-0.3, -0.25) is 0 Å². The van der Waals surface area contributed by atoms with Crippen molar-refractivity contribution in [1.82, 2.24) is 5.32 Å². The SMILES string of the molecule is CCCNC(CC(C)CC)c1cc2cccc(Br)c2o1. The number of rotatable bonds is 7. The number of nitrogens with one attached hydrogen (secondary N) is 1. The fraction of sp³-hybridized carbons (Fsp3) is 0.529. The van der Waals surface area contributed by atoms with Gasteiger partial charge in [0.15, 0.2) is 0 Å². The van der Waals surface area contributed by atoms with Crippen LogP contribution in [0.3, 0.4) is 0 Å². The zero-order valence-corrected chi connectivity index (χ0v) is 14.2. The second-order valence-corrected chi connectivity index (χ2v) is 6.42. The average molecular weight is 338 g/mol. The van der Waals surface area contributed by atoms with Gasteiger partial charge in [-0.1, -0.05) is 39.3 Å². The van der Waals surface area contributed by atoms with Gasteiger partial charge in [0.25, 0.3) is 0 Å². The molecule has 0 fully saturated rings. The Kier molecular flexibility index (Phi) is 5.67. The molecule has 2 aromatic rings. The van der Waals surface area contributed by atoms with Crippen molar-refractivity contribution in [1.29, 1.82) is 0 Å². The molecule has 0 spiro atoms. The summed E-state index contributed by atoms with van der Waals surface area (Å²) in [6, 6.07) is 8.67. The van der Waals surface area contributed by atoms with Gasteiger partial charge < -0.3 is 9.73 Å². The lowest BCUT2D eigenvalue weighted by molar-refractivity contribution is 0.355. The fourth-order valence-electron chi connectivity index (χ4n) is 2.41. The maximum absolute atomic E-state index is 6.09. The molecule has 0 bridgehead atoms. The van der Waals surface area contributed by atoms with E-state index in [9.17, 15) is 0 Å². The first-order valence-corrected chi connectivity index (χ1v) is 8.36. The lowest BCUT2D eigenvalue weighted by atomic mass is 9.97. The van der Waals surface area contributed by atoms with Gasteiger partial charge in [0.05, 0.1) is 10.5 Å². The number of furan rings is 1. The van der Waals surface area contributed by atoms with Crippen molar-refractivity contribution in [3.63, 3.8) is 0 Å². The number of benzene rings is 1. The summed E-state index contributed by atoms with van der Waals surface area (Å²) < 4.78 is 7.12. The van der Waals surface area contributed by atoms with Crippen LogP contribution in [0.5, 0.6) is 0 Å². The fourth-order valence-corrected chi connectivity index (χ4v) is 2.87. The van der Waals surface area contributed by atoms with E-state index in [1.54, 1.807) is 0 Å². The highest BCUT2D eigenvalue weighted by atomic mass is 79.9. The molecule has 0 radical (unpaired) electrons. The van der Waals surface area contributed by atoms with E-state index in [1.165, 1.54) is 11.8 Å². The van der Waals surface area contributed by atoms with Crippen LogP contribution in [0.1, 0.15) is 51.8 Å². The minimum Gasteiger partial charge on any atom is -0.458 e. The Bertz CT molecular complexity index is 549. The van der Waals surface area contributed by atoms with E-state index in [0.29, 0.717) is 12.0 Å². The number of fused-ring (bicyclic) bond motifs is 1. The molecule has 2 atom stereocenters. The lowest BCUT2D eigenvalue weighted by Gasteiger charge is -2.19. The van der Waals surface area contributed by atoms with Gasteiger partial charge in [0, 0.05) is 5.39 Å². The van der Waals surface area contributed by atoms with Crippen molar-refractivity contribution in [3.8, 4) is 0 Å². The first-order chi connectivity index (χ1) is 9.65. The average Bonchev–Trinajstić information content (AvgIpc) is 2.88. The van der Waals surface area contributed by atoms with E-state index < -0.39 is 0 Å². The van der Waals surface area contributed by atoms with Crippen molar-refractivity contribution in [2.75, 3.05) is 6.54 Å². The van der Waals surface area contributed by atoms with E-state index >= 15 is 0 Å². The molecular formula is C17H24BrNO. The Morgan fingerprint density at radius 1 is 1.30 bits per heavy atom. The summed E-state index contributed by atoms with van der Waals surface area (Å²) >= 11 is 3.56. The number of halogens is 1. The molecule has 1 aromatic carbocycles. The molecule has 1 aromatic heterocycles. The van der Waals surface area contributed by atoms with Crippen LogP contribution in [0, 0.1) is 5.92 Å². The second-order valence-electron chi connectivity index (χ2n) is 5.56. The van der Waals surface area contributed by atoms with Gasteiger partial charge in [0.1, 0.15) is 11.3 Å². The van der Waals surface area contributed by atoms with Gasteiger partial charge >= 0.3 is 0 Å². The van der Waals surface area contributed by atoms with Crippen molar-refractivity contribution >= 4 is 26.9 Å². The molecule has 0 saturated heterocycles. The van der Waals surface area contributed by atoms with Crippen LogP contribution in [-0.2, 0) is 0 Å². The summed E-state index contributed by atoms with van der Waals surface area (Å²) in [6.07, 6.45) is 3.46. The molecular weight excluding hydrogens is 314 g/mol. The van der Waals surface area contributed by atoms with Gasteiger partial charge in [-0.15, -0.1) is 0 Å². The molecule has 20 heavy (non-hydrogen) atoms. The van der Waals surface area contributed by atoms with Gasteiger partial charge in [-0.25, -0.2) is 0 Å². The molecule has 0 saturated carbocycles. The summed E-state index contributed by atoms with van der Waals surface area (Å²) in [5.74, 6) is 1.75. The molecule has 2 unspecified atom stereocenters. The third-order valence-electron chi connectivity index (χ3n) is 3.83. The van der Waals surface area contributed by atoms with Gasteiger partial charge in [0.2, 0.25) is 0 Å². The highest BCUT2D eigenvalue weighted by Gasteiger charge is 2.18. The predicted molar refractivity (Wildman–Crippen MR) is 89.0 cm³/mol. The van der Waals surface area contributed by atoms with E-state index in [1.807, 2.05) is 6.07 Å². The van der Waals surface area contributed by atoms with Crippen LogP contribution < -0.4 is 5.32 Å². The van der Waals surface area contributed by atoms with Crippen LogP contribution in [0.15, 0.2) is 33.2 Å². The highest BCUT2D eigenvalue weighted by molar-refractivity contribution is 9.10. The molecule has 1 heterocycles. The highest BCUT2D eigenvalue weighted by Crippen LogP contribution is 2.32. The Hall–Kier alpha value is -0.800. The van der Waals surface area contributed by atoms with E-state index in [0.717, 1.165) is 35.2 Å². The van der Waals surface area contributed by atoms with E-state index in [-0.39, 0.29) is 0 Å². The van der Waals surface area contributed by atoms with Crippen LogP contribution in [0.4, 0.5) is 0 Å². The Morgan fingerprint density at radius 2 is 2.10 bits per heavy atom. The quantitative estimate of drug-likeness (QED) is 0.703. The van der Waals surface area contributed by atoms with Crippen LogP contribution >= 0.6 is 15.9 Å². The Labute approximate surface area is 130 Å². The number of hydrogen-bond donors (Lipinski definition) is 1. The predicted octanol–water partition coefficient (Wildman–Crippen LogP) is 5.67. The van der Waals surface area contributed by atoms with Gasteiger partial charge in [-0.05, 0) is 53.4 Å². The largest absolute Gasteiger partial charge is 0.458 e. The first-order valence-electron chi connectivity index (χ1n) is 7.57. The van der Waals surface area contributed by atoms with Crippen molar-refractivity contribution < 1.29 is 4.42 Å². The maximum atomic E-state index is 6.09. The van der Waals surface area contributed by atoms with E-state index in [4.69, 9.17) is 4.42 Å². The smallest absolute Gasteiger partial charge is 0.148 e. The van der Waals surface area contributed by atoms with Gasteiger partial charge in [-0.2, -0.15) is 0 Å². The normalized spacial score (nSPS) is 14.6. The molecule has 2 nitrogen and oxygen atoms in total. The molecule has 2 rings (SSSR count). The standard InChI is InChI=1S/C17H24BrNO/c1-4-9-19-15(10-12(3)5-2)16-11-13-7-6-8-14(18)17(13)20-16/h6-8,11-12,15,19H,4-5,9-10H2,1-3H3. The van der Waals surface area contributed by atoms with Crippen molar-refractivity contribution in [2.24, 2.45) is 5.92 Å². The van der Waals surface area contributed by atoms with Crippen LogP contribution in [0.25, 0.3) is 11.0 Å². The lowest BCUT2D eigenvalue weighted by Crippen LogP contribution is -2.23. The minimum atomic E-state index is 0.309. The number of para-hydroxylation sites is 1. The zero-order valence-electron chi connectivity index (χ0n) is 12.6. The number of hydrogen-bond acceptors (Lipinski definition) is 2. The Balaban J connectivity index is 2.27.